The Hall–Kier alpha value is -6.33. The lowest BCUT2D eigenvalue weighted by Crippen LogP contribution is -2.01. The molecule has 3 heterocycles. The molecule has 0 bridgehead atoms. The van der Waals surface area contributed by atoms with E-state index in [4.69, 9.17) is 19.7 Å². The zero-order valence-electron chi connectivity index (χ0n) is 24.6. The quantitative estimate of drug-likeness (QED) is 0.205. The third kappa shape index (κ3) is 3.60. The highest BCUT2D eigenvalue weighted by molar-refractivity contribution is 6.26. The number of nitrogens with zero attached hydrogens (tertiary/aromatic N) is 4. The summed E-state index contributed by atoms with van der Waals surface area (Å²) in [5, 5.41) is 6.90. The fourth-order valence-corrected chi connectivity index (χ4v) is 7.01. The highest BCUT2D eigenvalue weighted by atomic mass is 16.5. The van der Waals surface area contributed by atoms with Crippen LogP contribution in [0.4, 0.5) is 0 Å². The summed E-state index contributed by atoms with van der Waals surface area (Å²) in [7, 11) is 0. The molecule has 0 amide bonds. The molecule has 0 unspecified atom stereocenters. The molecule has 5 nitrogen and oxygen atoms in total. The molecule has 10 rings (SSSR count). The lowest BCUT2D eigenvalue weighted by molar-refractivity contribution is 0.493. The van der Waals surface area contributed by atoms with Crippen LogP contribution in [-0.4, -0.2) is 19.5 Å². The molecule has 0 N–H and O–H groups in total. The van der Waals surface area contributed by atoms with Crippen molar-refractivity contribution in [2.75, 3.05) is 0 Å². The van der Waals surface area contributed by atoms with E-state index < -0.39 is 0 Å². The Balaban J connectivity index is 1.25. The first-order valence-electron chi connectivity index (χ1n) is 15.4. The number of fused-ring (bicyclic) bond motifs is 1. The van der Waals surface area contributed by atoms with E-state index in [9.17, 15) is 0 Å². The molecule has 5 heteroatoms. The van der Waals surface area contributed by atoms with Crippen molar-refractivity contribution in [3.05, 3.63) is 146 Å². The monoisotopic (exact) mass is 588 g/mol. The fourth-order valence-electron chi connectivity index (χ4n) is 7.01. The van der Waals surface area contributed by atoms with Crippen molar-refractivity contribution in [2.45, 2.75) is 0 Å². The summed E-state index contributed by atoms with van der Waals surface area (Å²) in [6.07, 6.45) is 0. The third-order valence-electron chi connectivity index (χ3n) is 9.02. The van der Waals surface area contributed by atoms with Gasteiger partial charge in [-0.2, -0.15) is 0 Å². The van der Waals surface area contributed by atoms with Gasteiger partial charge in [-0.25, -0.2) is 15.0 Å². The number of benzene rings is 7. The Morgan fingerprint density at radius 3 is 1.76 bits per heavy atom. The van der Waals surface area contributed by atoms with Gasteiger partial charge >= 0.3 is 0 Å². The maximum absolute atomic E-state index is 6.46. The van der Waals surface area contributed by atoms with E-state index in [1.807, 2.05) is 60.7 Å². The number of hydrogen-bond donors (Lipinski definition) is 0. The SMILES string of the molecule is c1ccc(-c2nc(-c3ccccc3)nc(-c3ccc(-n4c5cccc6c5c5c7c(cccc7ccc54)O6)c4ccccc34)n2)cc1. The van der Waals surface area contributed by atoms with E-state index in [0.29, 0.717) is 17.5 Å². The van der Waals surface area contributed by atoms with Gasteiger partial charge in [0.25, 0.3) is 0 Å². The first-order valence-corrected chi connectivity index (χ1v) is 15.4. The Bertz CT molecular complexity index is 2600. The molecule has 0 aliphatic carbocycles. The first-order chi connectivity index (χ1) is 22.8. The van der Waals surface area contributed by atoms with Gasteiger partial charge in [-0.3, -0.25) is 0 Å². The van der Waals surface area contributed by atoms with Gasteiger partial charge in [-0.15, -0.1) is 0 Å². The van der Waals surface area contributed by atoms with Crippen LogP contribution in [0.3, 0.4) is 0 Å². The number of aromatic nitrogens is 4. The second kappa shape index (κ2) is 9.58. The van der Waals surface area contributed by atoms with Crippen molar-refractivity contribution in [1.82, 2.24) is 19.5 Å². The average molecular weight is 589 g/mol. The van der Waals surface area contributed by atoms with Crippen LogP contribution in [0.25, 0.3) is 83.2 Å². The lowest BCUT2D eigenvalue weighted by atomic mass is 10.0. The van der Waals surface area contributed by atoms with Crippen molar-refractivity contribution in [3.8, 4) is 51.3 Å². The fraction of sp³-hybridized carbons (Fsp3) is 0. The molecule has 9 aromatic rings. The predicted molar refractivity (Wildman–Crippen MR) is 186 cm³/mol. The van der Waals surface area contributed by atoms with Crippen LogP contribution in [-0.2, 0) is 0 Å². The molecular weight excluding hydrogens is 564 g/mol. The minimum absolute atomic E-state index is 0.641. The maximum Gasteiger partial charge on any atom is 0.164 e. The number of rotatable bonds is 4. The van der Waals surface area contributed by atoms with Gasteiger partial charge in [0.1, 0.15) is 11.5 Å². The topological polar surface area (TPSA) is 52.8 Å². The van der Waals surface area contributed by atoms with Crippen molar-refractivity contribution in [2.24, 2.45) is 0 Å². The Morgan fingerprint density at radius 2 is 1.02 bits per heavy atom. The second-order valence-corrected chi connectivity index (χ2v) is 11.6. The molecule has 0 saturated heterocycles. The van der Waals surface area contributed by atoms with Crippen LogP contribution in [0.1, 0.15) is 0 Å². The Morgan fingerprint density at radius 1 is 0.413 bits per heavy atom. The van der Waals surface area contributed by atoms with Gasteiger partial charge in [0.05, 0.1) is 22.1 Å². The van der Waals surface area contributed by atoms with Crippen molar-refractivity contribution >= 4 is 43.4 Å². The molecule has 214 valence electrons. The summed E-state index contributed by atoms with van der Waals surface area (Å²) in [6, 6.07) is 50.1. The minimum atomic E-state index is 0.641. The largest absolute Gasteiger partial charge is 0.456 e. The van der Waals surface area contributed by atoms with E-state index in [2.05, 4.69) is 89.5 Å². The van der Waals surface area contributed by atoms with Gasteiger partial charge in [0.2, 0.25) is 0 Å². The summed E-state index contributed by atoms with van der Waals surface area (Å²) in [5.41, 5.74) is 6.22. The first kappa shape index (κ1) is 25.0. The summed E-state index contributed by atoms with van der Waals surface area (Å²) in [6.45, 7) is 0. The molecule has 7 aromatic carbocycles. The third-order valence-corrected chi connectivity index (χ3v) is 9.02. The molecular formula is C41H24N4O. The average Bonchev–Trinajstić information content (AvgIpc) is 3.47. The van der Waals surface area contributed by atoms with Crippen LogP contribution in [0.5, 0.6) is 11.5 Å². The molecule has 0 fully saturated rings. The van der Waals surface area contributed by atoms with E-state index in [1.54, 1.807) is 0 Å². The highest BCUT2D eigenvalue weighted by Gasteiger charge is 2.25. The van der Waals surface area contributed by atoms with Crippen molar-refractivity contribution in [3.63, 3.8) is 0 Å². The number of ether oxygens (including phenoxy) is 1. The zero-order chi connectivity index (χ0) is 30.2. The summed E-state index contributed by atoms with van der Waals surface area (Å²) in [5.74, 6) is 3.73. The molecule has 1 aliphatic rings. The van der Waals surface area contributed by atoms with E-state index >= 15 is 0 Å². The van der Waals surface area contributed by atoms with Gasteiger partial charge < -0.3 is 9.30 Å². The second-order valence-electron chi connectivity index (χ2n) is 11.6. The minimum Gasteiger partial charge on any atom is -0.456 e. The van der Waals surface area contributed by atoms with Gasteiger partial charge in [0.15, 0.2) is 17.5 Å². The van der Waals surface area contributed by atoms with Crippen molar-refractivity contribution in [1.29, 1.82) is 0 Å². The summed E-state index contributed by atoms with van der Waals surface area (Å²) < 4.78 is 8.84. The van der Waals surface area contributed by atoms with Crippen molar-refractivity contribution < 1.29 is 4.74 Å². The Labute approximate surface area is 264 Å². The van der Waals surface area contributed by atoms with Gasteiger partial charge in [0, 0.05) is 32.8 Å². The van der Waals surface area contributed by atoms with E-state index in [1.165, 1.54) is 10.8 Å². The highest BCUT2D eigenvalue weighted by Crippen LogP contribution is 2.49. The van der Waals surface area contributed by atoms with Gasteiger partial charge in [-0.05, 0) is 47.2 Å². The lowest BCUT2D eigenvalue weighted by Gasteiger charge is -2.15. The predicted octanol–water partition coefficient (Wildman–Crippen LogP) is 10.4. The van der Waals surface area contributed by atoms with Crippen LogP contribution in [0, 0.1) is 0 Å². The van der Waals surface area contributed by atoms with Crippen LogP contribution < -0.4 is 4.74 Å². The molecule has 0 radical (unpaired) electrons. The molecule has 0 spiro atoms. The van der Waals surface area contributed by atoms with E-state index in [-0.39, 0.29) is 0 Å². The molecule has 46 heavy (non-hydrogen) atoms. The summed E-state index contributed by atoms with van der Waals surface area (Å²) in [4.78, 5) is 15.0. The smallest absolute Gasteiger partial charge is 0.164 e. The Kier molecular flexibility index (Phi) is 5.22. The van der Waals surface area contributed by atoms with Crippen LogP contribution in [0.2, 0.25) is 0 Å². The molecule has 0 saturated carbocycles. The molecule has 0 atom stereocenters. The van der Waals surface area contributed by atoms with Gasteiger partial charge in [-0.1, -0.05) is 109 Å². The van der Waals surface area contributed by atoms with Crippen LogP contribution in [0.15, 0.2) is 146 Å². The number of hydrogen-bond acceptors (Lipinski definition) is 4. The maximum atomic E-state index is 6.46. The van der Waals surface area contributed by atoms with E-state index in [0.717, 1.165) is 66.5 Å². The van der Waals surface area contributed by atoms with Crippen LogP contribution >= 0.6 is 0 Å². The normalized spacial score (nSPS) is 12.1. The molecule has 1 aliphatic heterocycles. The standard InChI is InChI=1S/C41H24N4O/c1-3-11-26(12-4-1)39-42-40(27-13-5-2-6-14-27)44-41(43-39)30-22-24-31(29-17-8-7-16-28(29)30)45-32-18-10-20-35-37(32)38-33(45)23-21-25-15-9-19-34(46-35)36(25)38/h1-24H. The summed E-state index contributed by atoms with van der Waals surface area (Å²) >= 11 is 0. The molecule has 2 aromatic heterocycles. The zero-order valence-corrected chi connectivity index (χ0v) is 24.6.